The van der Waals surface area contributed by atoms with E-state index < -0.39 is 0 Å². The molecule has 19 heavy (non-hydrogen) atoms. The summed E-state index contributed by atoms with van der Waals surface area (Å²) in [5, 5.41) is 1.24. The maximum Gasteiger partial charge on any atom is 0.103 e. The van der Waals surface area contributed by atoms with Crippen molar-refractivity contribution < 1.29 is 0 Å². The molecule has 0 atom stereocenters. The van der Waals surface area contributed by atoms with E-state index in [0.29, 0.717) is 0 Å². The minimum absolute atomic E-state index is 0.747. The fraction of sp³-hybridized carbons (Fsp3) is 0.400. The first-order chi connectivity index (χ1) is 9.06. The Bertz CT molecular complexity index is 532. The number of aryl methyl sites for hydroxylation is 1. The van der Waals surface area contributed by atoms with Gasteiger partial charge in [0.25, 0.3) is 0 Å². The van der Waals surface area contributed by atoms with Crippen LogP contribution >= 0.6 is 39.0 Å². The lowest BCUT2D eigenvalue weighted by atomic mass is 10.1. The maximum absolute atomic E-state index is 4.79. The van der Waals surface area contributed by atoms with Gasteiger partial charge in [0.15, 0.2) is 0 Å². The second-order valence-electron chi connectivity index (χ2n) is 4.93. The van der Waals surface area contributed by atoms with Gasteiger partial charge in [-0.1, -0.05) is 41.9 Å². The maximum atomic E-state index is 4.79. The van der Waals surface area contributed by atoms with Crippen LogP contribution in [0.5, 0.6) is 0 Å². The molecule has 0 bridgehead atoms. The third kappa shape index (κ3) is 4.33. The SMILES string of the molecule is Cc1sc(CSCC(C)C)nc1-c1ccc(Br)cc1. The summed E-state index contributed by atoms with van der Waals surface area (Å²) < 4.78 is 1.11. The molecule has 2 rings (SSSR count). The van der Waals surface area contributed by atoms with Gasteiger partial charge in [0.1, 0.15) is 5.01 Å². The summed E-state index contributed by atoms with van der Waals surface area (Å²) in [6.45, 7) is 6.67. The van der Waals surface area contributed by atoms with Crippen LogP contribution in [0, 0.1) is 12.8 Å². The van der Waals surface area contributed by atoms with Gasteiger partial charge in [-0.25, -0.2) is 4.98 Å². The number of halogens is 1. The van der Waals surface area contributed by atoms with Gasteiger partial charge < -0.3 is 0 Å². The normalized spacial score (nSPS) is 11.2. The van der Waals surface area contributed by atoms with Crippen LogP contribution in [0.1, 0.15) is 23.7 Å². The zero-order chi connectivity index (χ0) is 13.8. The predicted molar refractivity (Wildman–Crippen MR) is 91.0 cm³/mol. The van der Waals surface area contributed by atoms with E-state index in [-0.39, 0.29) is 0 Å². The zero-order valence-electron chi connectivity index (χ0n) is 11.4. The molecule has 0 aliphatic heterocycles. The monoisotopic (exact) mass is 355 g/mol. The molecule has 1 aromatic heterocycles. The Kier molecular flexibility index (Phi) is 5.48. The molecule has 0 saturated heterocycles. The van der Waals surface area contributed by atoms with Crippen LogP contribution in [0.2, 0.25) is 0 Å². The third-order valence-corrected chi connectivity index (χ3v) is 5.70. The van der Waals surface area contributed by atoms with Crippen LogP contribution in [0.25, 0.3) is 11.3 Å². The van der Waals surface area contributed by atoms with Gasteiger partial charge in [0, 0.05) is 20.7 Å². The second kappa shape index (κ2) is 6.91. The standard InChI is InChI=1S/C15H18BrNS2/c1-10(2)8-18-9-14-17-15(11(3)19-14)12-4-6-13(16)7-5-12/h4-7,10H,8-9H2,1-3H3. The molecule has 1 aromatic carbocycles. The molecule has 4 heteroatoms. The highest BCUT2D eigenvalue weighted by atomic mass is 79.9. The van der Waals surface area contributed by atoms with E-state index in [4.69, 9.17) is 4.98 Å². The third-order valence-electron chi connectivity index (χ3n) is 2.64. The van der Waals surface area contributed by atoms with Gasteiger partial charge in [-0.05, 0) is 30.7 Å². The van der Waals surface area contributed by atoms with E-state index >= 15 is 0 Å². The largest absolute Gasteiger partial charge is 0.240 e. The summed E-state index contributed by atoms with van der Waals surface area (Å²) in [7, 11) is 0. The second-order valence-corrected chi connectivity index (χ2v) is 8.16. The summed E-state index contributed by atoms with van der Waals surface area (Å²) >= 11 is 7.26. The molecule has 0 spiro atoms. The van der Waals surface area contributed by atoms with E-state index in [0.717, 1.165) is 21.8 Å². The van der Waals surface area contributed by atoms with Gasteiger partial charge in [-0.3, -0.25) is 0 Å². The summed E-state index contributed by atoms with van der Waals surface area (Å²) in [5.41, 5.74) is 2.34. The fourth-order valence-corrected chi connectivity index (χ4v) is 4.10. The molecule has 0 unspecified atom stereocenters. The molecule has 0 aliphatic carbocycles. The van der Waals surface area contributed by atoms with Crippen LogP contribution in [-0.4, -0.2) is 10.7 Å². The van der Waals surface area contributed by atoms with E-state index in [9.17, 15) is 0 Å². The molecule has 0 aliphatic rings. The molecule has 2 aromatic rings. The molecular weight excluding hydrogens is 338 g/mol. The average molecular weight is 356 g/mol. The van der Waals surface area contributed by atoms with Crippen molar-refractivity contribution in [2.24, 2.45) is 5.92 Å². The van der Waals surface area contributed by atoms with Crippen LogP contribution in [-0.2, 0) is 5.75 Å². The Balaban J connectivity index is 2.10. The summed E-state index contributed by atoms with van der Waals surface area (Å²) in [4.78, 5) is 6.10. The molecule has 1 nitrogen and oxygen atoms in total. The van der Waals surface area contributed by atoms with Crippen molar-refractivity contribution in [1.29, 1.82) is 0 Å². The lowest BCUT2D eigenvalue weighted by molar-refractivity contribution is 0.750. The van der Waals surface area contributed by atoms with Gasteiger partial charge in [-0.15, -0.1) is 11.3 Å². The van der Waals surface area contributed by atoms with E-state index in [1.54, 1.807) is 0 Å². The molecule has 1 heterocycles. The van der Waals surface area contributed by atoms with E-state index in [1.165, 1.54) is 21.2 Å². The minimum atomic E-state index is 0.747. The first-order valence-corrected chi connectivity index (χ1v) is 9.12. The summed E-state index contributed by atoms with van der Waals surface area (Å²) in [6, 6.07) is 8.39. The minimum Gasteiger partial charge on any atom is -0.240 e. The molecule has 0 saturated carbocycles. The number of nitrogens with zero attached hydrogens (tertiary/aromatic N) is 1. The van der Waals surface area contributed by atoms with Crippen molar-refractivity contribution in [3.63, 3.8) is 0 Å². The fourth-order valence-electron chi connectivity index (χ4n) is 1.77. The molecule has 0 amide bonds. The smallest absolute Gasteiger partial charge is 0.103 e. The molecule has 0 fully saturated rings. The van der Waals surface area contributed by atoms with Crippen LogP contribution < -0.4 is 0 Å². The number of rotatable bonds is 5. The summed E-state index contributed by atoms with van der Waals surface area (Å²) in [5.74, 6) is 2.98. The Morgan fingerprint density at radius 3 is 2.58 bits per heavy atom. The van der Waals surface area contributed by atoms with Gasteiger partial charge >= 0.3 is 0 Å². The Morgan fingerprint density at radius 1 is 1.26 bits per heavy atom. The number of benzene rings is 1. The number of aromatic nitrogens is 1. The van der Waals surface area contributed by atoms with Gasteiger partial charge in [0.05, 0.1) is 5.69 Å². The molecular formula is C15H18BrNS2. The first kappa shape index (κ1) is 15.1. The molecule has 0 radical (unpaired) electrons. The van der Waals surface area contributed by atoms with Crippen molar-refractivity contribution >= 4 is 39.0 Å². The Morgan fingerprint density at radius 2 is 1.95 bits per heavy atom. The summed E-state index contributed by atoms with van der Waals surface area (Å²) in [6.07, 6.45) is 0. The van der Waals surface area contributed by atoms with Crippen molar-refractivity contribution in [3.8, 4) is 11.3 Å². The molecule has 0 N–H and O–H groups in total. The zero-order valence-corrected chi connectivity index (χ0v) is 14.7. The highest BCUT2D eigenvalue weighted by Gasteiger charge is 2.10. The number of hydrogen-bond donors (Lipinski definition) is 0. The lowest BCUT2D eigenvalue weighted by Crippen LogP contribution is -1.91. The first-order valence-electron chi connectivity index (χ1n) is 6.36. The van der Waals surface area contributed by atoms with Crippen LogP contribution in [0.15, 0.2) is 28.7 Å². The Hall–Kier alpha value is -0.320. The lowest BCUT2D eigenvalue weighted by Gasteiger charge is -2.01. The molecule has 102 valence electrons. The van der Waals surface area contributed by atoms with Crippen molar-refractivity contribution in [2.75, 3.05) is 5.75 Å². The van der Waals surface area contributed by atoms with Gasteiger partial charge in [0.2, 0.25) is 0 Å². The Labute approximate surface area is 132 Å². The number of thioether (sulfide) groups is 1. The highest BCUT2D eigenvalue weighted by molar-refractivity contribution is 9.10. The van der Waals surface area contributed by atoms with Crippen molar-refractivity contribution in [2.45, 2.75) is 26.5 Å². The highest BCUT2D eigenvalue weighted by Crippen LogP contribution is 2.30. The van der Waals surface area contributed by atoms with Crippen LogP contribution in [0.3, 0.4) is 0 Å². The predicted octanol–water partition coefficient (Wildman–Crippen LogP) is 5.77. The van der Waals surface area contributed by atoms with E-state index in [2.05, 4.69) is 61.0 Å². The van der Waals surface area contributed by atoms with Crippen molar-refractivity contribution in [1.82, 2.24) is 4.98 Å². The quantitative estimate of drug-likeness (QED) is 0.674. The van der Waals surface area contributed by atoms with Crippen LogP contribution in [0.4, 0.5) is 0 Å². The van der Waals surface area contributed by atoms with Crippen molar-refractivity contribution in [3.05, 3.63) is 38.6 Å². The van der Waals surface area contributed by atoms with E-state index in [1.807, 2.05) is 23.1 Å². The average Bonchev–Trinajstić information content (AvgIpc) is 2.71. The number of thiazole rings is 1. The van der Waals surface area contributed by atoms with Gasteiger partial charge in [-0.2, -0.15) is 11.8 Å². The number of hydrogen-bond acceptors (Lipinski definition) is 3. The topological polar surface area (TPSA) is 12.9 Å².